The summed E-state index contributed by atoms with van der Waals surface area (Å²) in [6.07, 6.45) is 2.47. The summed E-state index contributed by atoms with van der Waals surface area (Å²) < 4.78 is 55.2. The van der Waals surface area contributed by atoms with E-state index < -0.39 is 20.0 Å². The Hall–Kier alpha value is -2.77. The fourth-order valence-electron chi connectivity index (χ4n) is 3.30. The molecule has 0 aliphatic carbocycles. The van der Waals surface area contributed by atoms with Crippen molar-refractivity contribution >= 4 is 49.1 Å². The van der Waals surface area contributed by atoms with E-state index in [4.69, 9.17) is 11.6 Å². The third-order valence-electron chi connectivity index (χ3n) is 5.00. The summed E-state index contributed by atoms with van der Waals surface area (Å²) in [5.41, 5.74) is 1.23. The van der Waals surface area contributed by atoms with Gasteiger partial charge in [-0.15, -0.1) is 0 Å². The first kappa shape index (κ1) is 24.4. The lowest BCUT2D eigenvalue weighted by molar-refractivity contribution is 0.578. The minimum Gasteiger partial charge on any atom is -0.370 e. The van der Waals surface area contributed by atoms with Crippen LogP contribution in [-0.2, 0) is 26.5 Å². The van der Waals surface area contributed by atoms with E-state index in [1.807, 2.05) is 0 Å². The van der Waals surface area contributed by atoms with Crippen molar-refractivity contribution in [3.05, 3.63) is 65.3 Å². The highest BCUT2D eigenvalue weighted by molar-refractivity contribution is 7.89. The number of halogens is 1. The number of nitrogens with zero attached hydrogens (tertiary/aromatic N) is 2. The Morgan fingerprint density at radius 3 is 2.74 bits per heavy atom. The molecule has 0 saturated heterocycles. The number of rotatable bonds is 5. The first-order valence-electron chi connectivity index (χ1n) is 10.4. The molecule has 4 rings (SSSR count). The first-order valence-corrected chi connectivity index (χ1v) is 13.8. The van der Waals surface area contributed by atoms with Gasteiger partial charge >= 0.3 is 0 Å². The fraction of sp³-hybridized carbons (Fsp3) is 0.238. The van der Waals surface area contributed by atoms with E-state index in [2.05, 4.69) is 30.0 Å². The molecule has 4 bridgehead atoms. The minimum absolute atomic E-state index is 0.0874. The molecule has 2 heterocycles. The summed E-state index contributed by atoms with van der Waals surface area (Å²) in [4.78, 5) is 9.06. The van der Waals surface area contributed by atoms with Gasteiger partial charge in [0.25, 0.3) is 0 Å². The predicted octanol–water partition coefficient (Wildman–Crippen LogP) is 2.49. The molecule has 13 heteroatoms. The van der Waals surface area contributed by atoms with Gasteiger partial charge in [-0.3, -0.25) is 0 Å². The molecule has 180 valence electrons. The molecule has 0 atom stereocenters. The standard InChI is InChI=1S/C21H23ClN6O4S2/c22-16-4-1-6-18(12-16)33(29,30)26-11-8-15-14-24-21-27-17-5-2-7-19(13-17)34(31,32)25-10-3-9-23-20(15)28-21/h1-2,4-7,12-14,25-26H,3,8-11H2,(H2,23,24,27,28). The van der Waals surface area contributed by atoms with Crippen LogP contribution in [0.5, 0.6) is 0 Å². The molecule has 10 nitrogen and oxygen atoms in total. The van der Waals surface area contributed by atoms with E-state index >= 15 is 0 Å². The maximum absolute atomic E-state index is 12.5. The van der Waals surface area contributed by atoms with Gasteiger partial charge in [-0.25, -0.2) is 31.3 Å². The lowest BCUT2D eigenvalue weighted by atomic mass is 10.2. The van der Waals surface area contributed by atoms with Gasteiger partial charge in [0.15, 0.2) is 0 Å². The SMILES string of the molecule is O=S1(=O)NCCCNc2nc(ncc2CCNS(=O)(=O)c2cccc(Cl)c2)Nc2cccc1c2. The quantitative estimate of drug-likeness (QED) is 0.400. The largest absolute Gasteiger partial charge is 0.370 e. The zero-order valence-electron chi connectivity index (χ0n) is 18.0. The van der Waals surface area contributed by atoms with Crippen LogP contribution in [-0.4, -0.2) is 46.4 Å². The molecule has 34 heavy (non-hydrogen) atoms. The lowest BCUT2D eigenvalue weighted by Crippen LogP contribution is -2.27. The minimum atomic E-state index is -3.72. The summed E-state index contributed by atoms with van der Waals surface area (Å²) in [6, 6.07) is 12.4. The molecule has 0 fully saturated rings. The molecule has 0 unspecified atom stereocenters. The van der Waals surface area contributed by atoms with Gasteiger partial charge in [-0.2, -0.15) is 4.98 Å². The number of nitrogens with one attached hydrogen (secondary N) is 4. The second-order valence-electron chi connectivity index (χ2n) is 7.50. The predicted molar refractivity (Wildman–Crippen MR) is 130 cm³/mol. The first-order chi connectivity index (χ1) is 16.2. The highest BCUT2D eigenvalue weighted by atomic mass is 35.5. The molecule has 1 aliphatic heterocycles. The van der Waals surface area contributed by atoms with Crippen LogP contribution in [0.3, 0.4) is 0 Å². The molecule has 0 amide bonds. The van der Waals surface area contributed by atoms with E-state index in [1.165, 1.54) is 24.3 Å². The number of fused-ring (bicyclic) bond motifs is 4. The molecule has 0 spiro atoms. The summed E-state index contributed by atoms with van der Waals surface area (Å²) >= 11 is 5.90. The lowest BCUT2D eigenvalue weighted by Gasteiger charge is -2.13. The van der Waals surface area contributed by atoms with Crippen molar-refractivity contribution in [1.29, 1.82) is 0 Å². The van der Waals surface area contributed by atoms with Crippen molar-refractivity contribution in [3.8, 4) is 0 Å². The third-order valence-corrected chi connectivity index (χ3v) is 8.15. The van der Waals surface area contributed by atoms with Crippen molar-refractivity contribution in [2.24, 2.45) is 0 Å². The summed E-state index contributed by atoms with van der Waals surface area (Å²) in [5.74, 6) is 0.824. The monoisotopic (exact) mass is 522 g/mol. The second-order valence-corrected chi connectivity index (χ2v) is 11.5. The fourth-order valence-corrected chi connectivity index (χ4v) is 5.75. The van der Waals surface area contributed by atoms with E-state index in [9.17, 15) is 16.8 Å². The molecule has 0 saturated carbocycles. The van der Waals surface area contributed by atoms with Crippen molar-refractivity contribution in [2.75, 3.05) is 30.3 Å². The van der Waals surface area contributed by atoms with Crippen LogP contribution in [0.1, 0.15) is 12.0 Å². The van der Waals surface area contributed by atoms with Gasteiger partial charge in [-0.1, -0.05) is 23.7 Å². The Kier molecular flexibility index (Phi) is 7.33. The van der Waals surface area contributed by atoms with Gasteiger partial charge in [0.2, 0.25) is 26.0 Å². The van der Waals surface area contributed by atoms with E-state index in [0.29, 0.717) is 41.5 Å². The van der Waals surface area contributed by atoms with Crippen LogP contribution in [0.4, 0.5) is 17.5 Å². The number of benzene rings is 2. The Balaban J connectivity index is 1.52. The topological polar surface area (TPSA) is 142 Å². The highest BCUT2D eigenvalue weighted by Gasteiger charge is 2.17. The Bertz CT molecular complexity index is 1400. The van der Waals surface area contributed by atoms with Crippen LogP contribution in [0, 0.1) is 0 Å². The van der Waals surface area contributed by atoms with Crippen LogP contribution >= 0.6 is 11.6 Å². The molecule has 1 aromatic heterocycles. The van der Waals surface area contributed by atoms with Crippen molar-refractivity contribution < 1.29 is 16.8 Å². The maximum atomic E-state index is 12.5. The van der Waals surface area contributed by atoms with E-state index in [0.717, 1.165) is 0 Å². The van der Waals surface area contributed by atoms with E-state index in [-0.39, 0.29) is 28.8 Å². The number of hydrogen-bond donors (Lipinski definition) is 4. The summed E-state index contributed by atoms with van der Waals surface area (Å²) in [7, 11) is -7.34. The Morgan fingerprint density at radius 2 is 1.91 bits per heavy atom. The Morgan fingerprint density at radius 1 is 1.09 bits per heavy atom. The van der Waals surface area contributed by atoms with Crippen molar-refractivity contribution in [2.45, 2.75) is 22.6 Å². The number of aromatic nitrogens is 2. The number of hydrogen-bond acceptors (Lipinski definition) is 8. The molecule has 2 aromatic carbocycles. The van der Waals surface area contributed by atoms with Crippen molar-refractivity contribution in [1.82, 2.24) is 19.4 Å². The maximum Gasteiger partial charge on any atom is 0.240 e. The zero-order chi connectivity index (χ0) is 24.2. The normalized spacial score (nSPS) is 15.7. The summed E-state index contributed by atoms with van der Waals surface area (Å²) in [6.45, 7) is 0.832. The molecular formula is C21H23ClN6O4S2. The van der Waals surface area contributed by atoms with Gasteiger partial charge in [0, 0.05) is 42.1 Å². The van der Waals surface area contributed by atoms with Crippen LogP contribution in [0.25, 0.3) is 0 Å². The molecule has 1 aliphatic rings. The van der Waals surface area contributed by atoms with Gasteiger partial charge in [-0.05, 0) is 49.2 Å². The average molecular weight is 523 g/mol. The summed E-state index contributed by atoms with van der Waals surface area (Å²) in [5, 5.41) is 6.54. The van der Waals surface area contributed by atoms with Crippen molar-refractivity contribution in [3.63, 3.8) is 0 Å². The molecule has 3 aromatic rings. The van der Waals surface area contributed by atoms with Crippen LogP contribution < -0.4 is 20.1 Å². The smallest absolute Gasteiger partial charge is 0.240 e. The van der Waals surface area contributed by atoms with Gasteiger partial charge in [0.05, 0.1) is 9.79 Å². The average Bonchev–Trinajstić information content (AvgIpc) is 2.80. The number of sulfonamides is 2. The van der Waals surface area contributed by atoms with Gasteiger partial charge < -0.3 is 10.6 Å². The third kappa shape index (κ3) is 6.02. The molecule has 0 radical (unpaired) electrons. The molecular weight excluding hydrogens is 500 g/mol. The molecule has 4 N–H and O–H groups in total. The number of anilines is 3. The highest BCUT2D eigenvalue weighted by Crippen LogP contribution is 2.21. The zero-order valence-corrected chi connectivity index (χ0v) is 20.3. The Labute approximate surface area is 203 Å². The van der Waals surface area contributed by atoms with Crippen LogP contribution in [0.15, 0.2) is 64.5 Å². The van der Waals surface area contributed by atoms with Crippen LogP contribution in [0.2, 0.25) is 5.02 Å². The second kappa shape index (κ2) is 10.2. The van der Waals surface area contributed by atoms with E-state index in [1.54, 1.807) is 30.5 Å². The van der Waals surface area contributed by atoms with Gasteiger partial charge in [0.1, 0.15) is 5.82 Å².